The molecule has 0 amide bonds. The number of carbonyl (C=O) groups excluding carboxylic acids is 1. The van der Waals surface area contributed by atoms with Crippen molar-refractivity contribution < 1.29 is 9.53 Å². The van der Waals surface area contributed by atoms with Crippen LogP contribution in [0.2, 0.25) is 0 Å². The normalized spacial score (nSPS) is 12.1. The summed E-state index contributed by atoms with van der Waals surface area (Å²) in [6, 6.07) is 9.98. The van der Waals surface area contributed by atoms with Crippen molar-refractivity contribution in [2.75, 3.05) is 6.61 Å². The molecule has 1 aromatic carbocycles. The van der Waals surface area contributed by atoms with Crippen LogP contribution in [0.3, 0.4) is 0 Å². The number of nitriles is 1. The molecule has 0 spiro atoms. The molecule has 1 unspecified atom stereocenters. The maximum Gasteiger partial charge on any atom is 0.323 e. The van der Waals surface area contributed by atoms with Crippen LogP contribution in [0.5, 0.6) is 0 Å². The van der Waals surface area contributed by atoms with Crippen molar-refractivity contribution in [3.8, 4) is 6.07 Å². The number of para-hydroxylation sites is 1. The Kier molecular flexibility index (Phi) is 3.86. The highest BCUT2D eigenvalue weighted by Crippen LogP contribution is 2.23. The number of nitrogens with zero attached hydrogens (tertiary/aromatic N) is 2. The lowest BCUT2D eigenvalue weighted by molar-refractivity contribution is -0.145. The zero-order chi connectivity index (χ0) is 13.8. The molecule has 0 fully saturated rings. The van der Waals surface area contributed by atoms with Crippen LogP contribution in [0.1, 0.15) is 12.5 Å². The van der Waals surface area contributed by atoms with E-state index in [2.05, 4.69) is 0 Å². The maximum absolute atomic E-state index is 11.7. The second kappa shape index (κ2) is 5.57. The molecule has 0 N–H and O–H groups in total. The van der Waals surface area contributed by atoms with Crippen molar-refractivity contribution in [1.29, 1.82) is 5.26 Å². The van der Waals surface area contributed by atoms with Crippen LogP contribution < -0.4 is 0 Å². The first-order valence-corrected chi connectivity index (χ1v) is 6.26. The molecule has 0 saturated carbocycles. The number of hydrogen-bond donors (Lipinski definition) is 0. The molecule has 0 aliphatic heterocycles. The number of esters is 1. The molecule has 4 heteroatoms. The van der Waals surface area contributed by atoms with Gasteiger partial charge in [-0.1, -0.05) is 18.2 Å². The minimum Gasteiger partial charge on any atom is -0.465 e. The van der Waals surface area contributed by atoms with E-state index in [1.807, 2.05) is 48.1 Å². The topological polar surface area (TPSA) is 55.0 Å². The number of rotatable bonds is 4. The highest BCUT2D eigenvalue weighted by molar-refractivity contribution is 5.85. The summed E-state index contributed by atoms with van der Waals surface area (Å²) in [4.78, 5) is 11.7. The molecule has 98 valence electrons. The van der Waals surface area contributed by atoms with Crippen LogP contribution in [0, 0.1) is 17.2 Å². The fourth-order valence-electron chi connectivity index (χ4n) is 2.23. The number of ether oxygens (including phenoxy) is 1. The van der Waals surface area contributed by atoms with Crippen molar-refractivity contribution in [2.45, 2.75) is 13.3 Å². The van der Waals surface area contributed by atoms with Gasteiger partial charge >= 0.3 is 5.97 Å². The molecule has 1 aromatic heterocycles. The van der Waals surface area contributed by atoms with Gasteiger partial charge in [-0.25, -0.2) is 0 Å². The zero-order valence-electron chi connectivity index (χ0n) is 11.1. The van der Waals surface area contributed by atoms with Gasteiger partial charge in [-0.15, -0.1) is 0 Å². The van der Waals surface area contributed by atoms with Crippen LogP contribution >= 0.6 is 0 Å². The standard InChI is InChI=1S/C15H16N2O2/c1-3-19-15(18)11(9-16)8-12-10-17(2)14-7-5-4-6-13(12)14/h4-7,10-11H,3,8H2,1-2H3. The van der Waals surface area contributed by atoms with Crippen LogP contribution in [0.15, 0.2) is 30.5 Å². The van der Waals surface area contributed by atoms with Gasteiger partial charge in [0, 0.05) is 30.6 Å². The zero-order valence-corrected chi connectivity index (χ0v) is 11.1. The van der Waals surface area contributed by atoms with E-state index in [0.717, 1.165) is 16.5 Å². The Morgan fingerprint density at radius 1 is 1.47 bits per heavy atom. The Balaban J connectivity index is 2.30. The molecule has 4 nitrogen and oxygen atoms in total. The summed E-state index contributed by atoms with van der Waals surface area (Å²) in [5.74, 6) is -1.19. The summed E-state index contributed by atoms with van der Waals surface area (Å²) in [5, 5.41) is 10.2. The first kappa shape index (κ1) is 13.2. The van der Waals surface area contributed by atoms with Crippen molar-refractivity contribution >= 4 is 16.9 Å². The molecule has 0 saturated heterocycles. The summed E-state index contributed by atoms with van der Waals surface area (Å²) in [5.41, 5.74) is 2.09. The summed E-state index contributed by atoms with van der Waals surface area (Å²) in [6.45, 7) is 2.04. The molecule has 0 bridgehead atoms. The summed E-state index contributed by atoms with van der Waals surface area (Å²) in [6.07, 6.45) is 2.35. The van der Waals surface area contributed by atoms with E-state index in [9.17, 15) is 4.79 Å². The molecular formula is C15H16N2O2. The SMILES string of the molecule is CCOC(=O)C(C#N)Cc1cn(C)c2ccccc12. The van der Waals surface area contributed by atoms with Gasteiger partial charge in [-0.3, -0.25) is 4.79 Å². The van der Waals surface area contributed by atoms with Gasteiger partial charge in [0.15, 0.2) is 0 Å². The molecular weight excluding hydrogens is 240 g/mol. The second-order valence-corrected chi connectivity index (χ2v) is 4.42. The third-order valence-corrected chi connectivity index (χ3v) is 3.13. The summed E-state index contributed by atoms with van der Waals surface area (Å²) < 4.78 is 6.92. The molecule has 0 aliphatic carbocycles. The van der Waals surface area contributed by atoms with Crippen molar-refractivity contribution in [3.05, 3.63) is 36.0 Å². The molecule has 0 radical (unpaired) electrons. The van der Waals surface area contributed by atoms with E-state index < -0.39 is 11.9 Å². The van der Waals surface area contributed by atoms with Gasteiger partial charge in [-0.2, -0.15) is 5.26 Å². The summed E-state index contributed by atoms with van der Waals surface area (Å²) >= 11 is 0. The fourth-order valence-corrected chi connectivity index (χ4v) is 2.23. The Hall–Kier alpha value is -2.28. The van der Waals surface area contributed by atoms with E-state index in [-0.39, 0.29) is 0 Å². The predicted octanol–water partition coefficient (Wildman–Crippen LogP) is 2.42. The number of benzene rings is 1. The quantitative estimate of drug-likeness (QED) is 0.789. The molecule has 19 heavy (non-hydrogen) atoms. The Morgan fingerprint density at radius 3 is 2.89 bits per heavy atom. The van der Waals surface area contributed by atoms with E-state index in [1.54, 1.807) is 6.92 Å². The van der Waals surface area contributed by atoms with E-state index in [0.29, 0.717) is 13.0 Å². The average molecular weight is 256 g/mol. The first-order chi connectivity index (χ1) is 9.17. The number of aromatic nitrogens is 1. The highest BCUT2D eigenvalue weighted by Gasteiger charge is 2.21. The minimum atomic E-state index is -0.745. The van der Waals surface area contributed by atoms with Crippen LogP contribution in [0.4, 0.5) is 0 Å². The van der Waals surface area contributed by atoms with Crippen LogP contribution in [-0.4, -0.2) is 17.1 Å². The lowest BCUT2D eigenvalue weighted by Gasteiger charge is -2.07. The minimum absolute atomic E-state index is 0.298. The van der Waals surface area contributed by atoms with Gasteiger partial charge in [0.25, 0.3) is 0 Å². The molecule has 1 atom stereocenters. The van der Waals surface area contributed by atoms with Gasteiger partial charge in [0.2, 0.25) is 0 Å². The number of aryl methyl sites for hydroxylation is 1. The monoisotopic (exact) mass is 256 g/mol. The van der Waals surface area contributed by atoms with Crippen molar-refractivity contribution in [2.24, 2.45) is 13.0 Å². The smallest absolute Gasteiger partial charge is 0.323 e. The average Bonchev–Trinajstić information content (AvgIpc) is 2.73. The first-order valence-electron chi connectivity index (χ1n) is 6.26. The van der Waals surface area contributed by atoms with Crippen LogP contribution in [-0.2, 0) is 23.0 Å². The van der Waals surface area contributed by atoms with Gasteiger partial charge < -0.3 is 9.30 Å². The van der Waals surface area contributed by atoms with E-state index in [4.69, 9.17) is 10.00 Å². The Bertz CT molecular complexity index is 637. The lowest BCUT2D eigenvalue weighted by atomic mass is 10.0. The Morgan fingerprint density at radius 2 is 2.21 bits per heavy atom. The molecule has 2 rings (SSSR count). The maximum atomic E-state index is 11.7. The third-order valence-electron chi connectivity index (χ3n) is 3.13. The lowest BCUT2D eigenvalue weighted by Crippen LogP contribution is -2.18. The van der Waals surface area contributed by atoms with E-state index in [1.165, 1.54) is 0 Å². The fraction of sp³-hybridized carbons (Fsp3) is 0.333. The van der Waals surface area contributed by atoms with Gasteiger partial charge in [0.1, 0.15) is 5.92 Å². The van der Waals surface area contributed by atoms with Crippen molar-refractivity contribution in [3.63, 3.8) is 0 Å². The second-order valence-electron chi connectivity index (χ2n) is 4.42. The third kappa shape index (κ3) is 2.60. The van der Waals surface area contributed by atoms with Gasteiger partial charge in [-0.05, 0) is 18.6 Å². The number of carbonyl (C=O) groups is 1. The number of hydrogen-bond acceptors (Lipinski definition) is 3. The number of fused-ring (bicyclic) bond motifs is 1. The molecule has 2 aromatic rings. The highest BCUT2D eigenvalue weighted by atomic mass is 16.5. The predicted molar refractivity (Wildman–Crippen MR) is 72.4 cm³/mol. The summed E-state index contributed by atoms with van der Waals surface area (Å²) in [7, 11) is 1.96. The molecule has 0 aliphatic rings. The Labute approximate surface area is 112 Å². The largest absolute Gasteiger partial charge is 0.465 e. The van der Waals surface area contributed by atoms with Crippen LogP contribution in [0.25, 0.3) is 10.9 Å². The van der Waals surface area contributed by atoms with Gasteiger partial charge in [0.05, 0.1) is 12.7 Å². The van der Waals surface area contributed by atoms with E-state index >= 15 is 0 Å². The van der Waals surface area contributed by atoms with Crippen molar-refractivity contribution in [1.82, 2.24) is 4.57 Å². The molecule has 1 heterocycles.